The summed E-state index contributed by atoms with van der Waals surface area (Å²) in [6.45, 7) is 23.2. The van der Waals surface area contributed by atoms with Gasteiger partial charge in [-0.15, -0.1) is 0 Å². The van der Waals surface area contributed by atoms with Gasteiger partial charge in [-0.1, -0.05) is 188 Å². The standard InChI is InChI=1S/6C21H30O2/c6*1-5-6-7-8-15-12-18(22)20-16-11-14(2)9-10-17(16)21(3,4)23-19(20)13-15/h6*11-13,16-17,22H,5-10H2,1-4H3/t6*16-,17-/m111111/s1/i2D3,3D3,4D3,9D2,10D2,11D,12D,13D,16D,17D;8D2,9D2,10D2,11D,17D;8D2,10D2,11D,17D;8D2,9D2;2D3,8D2;8D2. The fourth-order valence-corrected chi connectivity index (χ4v) is 20.6. The normalized spacial score (nSPS) is 35.1. The molecule has 0 aromatic heterocycles. The molecule has 0 saturated heterocycles. The van der Waals surface area contributed by atoms with Gasteiger partial charge in [0.05, 0.1) is 6.85 Å². The van der Waals surface area contributed by atoms with Crippen LogP contribution in [-0.4, -0.2) is 64.2 Å². The summed E-state index contributed by atoms with van der Waals surface area (Å²) in [6.07, 6.45) is -3.61. The van der Waals surface area contributed by atoms with Crippen LogP contribution in [0.3, 0.4) is 0 Å². The summed E-state index contributed by atoms with van der Waals surface area (Å²) in [5.41, 5.74) is -4.58. The Labute approximate surface area is 894 Å². The number of aromatic hydroxyl groups is 6. The fourth-order valence-electron chi connectivity index (χ4n) is 20.6. The Morgan fingerprint density at radius 2 is 0.659 bits per heavy atom. The summed E-state index contributed by atoms with van der Waals surface area (Å²) in [4.78, 5) is 0. The van der Waals surface area contributed by atoms with Crippen LogP contribution < -0.4 is 28.4 Å². The molecule has 12 nitrogen and oxygen atoms in total. The van der Waals surface area contributed by atoms with E-state index in [0.29, 0.717) is 150 Å². The van der Waals surface area contributed by atoms with E-state index >= 15 is 0 Å². The molecule has 6 aromatic carbocycles. The third-order valence-corrected chi connectivity index (χ3v) is 28.0. The van der Waals surface area contributed by atoms with Crippen LogP contribution in [0.5, 0.6) is 69.0 Å². The number of phenolic OH excluding ortho intramolecular Hbond substituents is 6. The number of hydrogen-bond donors (Lipinski definition) is 6. The summed E-state index contributed by atoms with van der Waals surface area (Å²) >= 11 is 0. The van der Waals surface area contributed by atoms with E-state index in [2.05, 4.69) is 33.8 Å². The van der Waals surface area contributed by atoms with E-state index < -0.39 is 202 Å². The van der Waals surface area contributed by atoms with Gasteiger partial charge in [0, 0.05) is 156 Å². The maximum Gasteiger partial charge on any atom is 0.127 e. The molecule has 12 aliphatic rings. The van der Waals surface area contributed by atoms with Gasteiger partial charge in [-0.25, -0.2) is 0 Å². The first-order valence-electron chi connectivity index (χ1n) is 71.8. The van der Waals surface area contributed by atoms with E-state index in [9.17, 15) is 34.8 Å². The predicted molar refractivity (Wildman–Crippen MR) is 572 cm³/mol. The number of aryl methyl sites for hydroxylation is 5. The predicted octanol–water partition coefficient (Wildman–Crippen LogP) is 34.4. The molecule has 6 aliphatic heterocycles. The minimum atomic E-state index is -4.24. The first kappa shape index (κ1) is 62.7. The molecule has 0 fully saturated rings. The minimum Gasteiger partial charge on any atom is -0.507 e. The molecule has 0 radical (unpaired) electrons. The molecular weight excluding hydrogens is 1710 g/mol. The van der Waals surface area contributed by atoms with Gasteiger partial charge in [-0.05, 0) is 384 Å². The second-order valence-electron chi connectivity index (χ2n) is 41.2. The molecule has 12 heteroatoms. The van der Waals surface area contributed by atoms with Crippen LogP contribution in [0.2, 0.25) is 0 Å². The van der Waals surface area contributed by atoms with Crippen LogP contribution in [0.15, 0.2) is 143 Å². The lowest BCUT2D eigenvalue weighted by Gasteiger charge is -2.46. The molecule has 138 heavy (non-hydrogen) atoms. The van der Waals surface area contributed by atoms with E-state index in [4.69, 9.17) is 83.3 Å². The summed E-state index contributed by atoms with van der Waals surface area (Å²) in [7, 11) is 0. The minimum absolute atomic E-state index is 0.0126. The van der Waals surface area contributed by atoms with E-state index in [1.807, 2.05) is 74.5 Å². The third kappa shape index (κ3) is 25.0. The lowest BCUT2D eigenvalue weighted by molar-refractivity contribution is 0.0104. The number of fused-ring (bicyclic) bond motifs is 18. The molecule has 12 atom stereocenters. The first-order valence-corrected chi connectivity index (χ1v) is 50.3. The zero-order valence-corrected chi connectivity index (χ0v) is 84.9. The SMILES string of the molecule is [2H]C([2H])(CCCC)c1cc(O)c2c(c1)OC(C)(C)[C@@H]1CCC(C)=C[C@@H]21.[2H]C([2H])([2H])C1=C[C@H]2c3c(O)cc(C([2H])([2H])CCCC)cc3OC(C)(C)[C@@H]2CC1.[2H]C1([2H])C[C@@H]2[C@@H](C=C1C)c1c(O)cc(C([2H])([2H])CCCC)cc1OC2(C)C.[2H]C1=C(C([2H])([2H])[2H])C([2H])([2H])C([2H])([2H])[C@@]2([2H])C(C([2H])([2H])[2H])(C([2H])([2H])[2H])Oc3c([2H])c(CCCCC)c([2H])c(O)c3[C@]12[2H].[2H]C1=C(C)C([2H])([2H])C([2H])([2H])[C@]2([2H])[C@@H]1c1c(O)cc(C([2H])([2H])CCCC)cc1OC2(C)C.[2H]C1=C(C)CC([2H])([2H])[C@]2([2H])[C@@H]1c1c(O)cc(C([2H])([2H])CCCC)cc1OC2(C)C. The van der Waals surface area contributed by atoms with Gasteiger partial charge in [0.25, 0.3) is 0 Å². The Bertz CT molecular complexity index is 7540. The van der Waals surface area contributed by atoms with Crippen molar-refractivity contribution in [3.05, 3.63) is 209 Å². The second-order valence-corrected chi connectivity index (χ2v) is 41.2. The van der Waals surface area contributed by atoms with Gasteiger partial charge in [0.1, 0.15) is 103 Å². The summed E-state index contributed by atoms with van der Waals surface area (Å²) in [6, 6.07) is 12.0. The highest BCUT2D eigenvalue weighted by molar-refractivity contribution is 5.60. The molecule has 0 saturated carbocycles. The second kappa shape index (κ2) is 45.7. The van der Waals surface area contributed by atoms with Crippen molar-refractivity contribution in [2.75, 3.05) is 0 Å². The molecule has 0 unspecified atom stereocenters. The third-order valence-electron chi connectivity index (χ3n) is 28.0. The quantitative estimate of drug-likeness (QED) is 0.0250. The van der Waals surface area contributed by atoms with E-state index in [-0.39, 0.29) is 135 Å². The molecule has 6 aromatic rings. The molecule has 6 aliphatic carbocycles. The summed E-state index contributed by atoms with van der Waals surface area (Å²) in [5, 5.41) is 65.3. The average molecular weight is 1930 g/mol. The molecule has 18 rings (SSSR count). The first-order chi connectivity index (χ1) is 82.2. The van der Waals surface area contributed by atoms with E-state index in [1.54, 1.807) is 58.0 Å². The number of allylic oxidation sites excluding steroid dienone is 12. The van der Waals surface area contributed by atoms with Crippen molar-refractivity contribution in [2.24, 2.45) is 35.4 Å². The monoisotopic (exact) mass is 1930 g/mol. The van der Waals surface area contributed by atoms with Crippen LogP contribution in [0.25, 0.3) is 0 Å². The number of ether oxygens (including phenoxy) is 6. The molecule has 6 heterocycles. The molecule has 0 spiro atoms. The highest BCUT2D eigenvalue weighted by atomic mass is 16.5. The van der Waals surface area contributed by atoms with Gasteiger partial charge in [0.15, 0.2) is 0 Å². The average Bonchev–Trinajstić information content (AvgIpc) is 0.626. The van der Waals surface area contributed by atoms with E-state index in [0.717, 1.165) is 69.8 Å². The maximum atomic E-state index is 11.2. The number of unbranched alkanes of at least 4 members (excludes halogenated alkanes) is 7. The molecule has 0 bridgehead atoms. The van der Waals surface area contributed by atoms with Crippen LogP contribution in [0.1, 0.15) is 519 Å². The molecular formula is C126H180O12. The molecule has 756 valence electrons. The number of rotatable bonds is 24. The van der Waals surface area contributed by atoms with Gasteiger partial charge >= 0.3 is 0 Å². The Balaban J connectivity index is 0.000000178. The number of phenols is 6. The fraction of sp³-hybridized carbons (Fsp3) is 0.619. The lowest BCUT2D eigenvalue weighted by Crippen LogP contribution is -2.45. The Hall–Kier alpha value is -8.64. The highest BCUT2D eigenvalue weighted by Gasteiger charge is 2.52. The van der Waals surface area contributed by atoms with Crippen LogP contribution in [0.4, 0.5) is 0 Å². The largest absolute Gasteiger partial charge is 0.507 e. The Morgan fingerprint density at radius 3 is 1.07 bits per heavy atom. The van der Waals surface area contributed by atoms with Crippen LogP contribution in [-0.2, 0) is 38.3 Å². The zero-order chi connectivity index (χ0) is 137. The number of benzene rings is 6. The van der Waals surface area contributed by atoms with Crippen LogP contribution >= 0.6 is 0 Å². The zero-order valence-electron chi connectivity index (χ0n) is 128. The van der Waals surface area contributed by atoms with Crippen molar-refractivity contribution in [1.82, 2.24) is 0 Å². The topological polar surface area (TPSA) is 177 Å². The Morgan fingerprint density at radius 1 is 0.319 bits per heavy atom. The summed E-state index contributed by atoms with van der Waals surface area (Å²) in [5.74, 6) is -15.2. The summed E-state index contributed by atoms with van der Waals surface area (Å²) < 4.78 is 399. The maximum absolute atomic E-state index is 11.2. The molecule has 6 N–H and O–H groups in total. The van der Waals surface area contributed by atoms with Crippen molar-refractivity contribution in [3.63, 3.8) is 0 Å². The smallest absolute Gasteiger partial charge is 0.127 e. The number of hydrogen-bond acceptors (Lipinski definition) is 12. The van der Waals surface area contributed by atoms with Gasteiger partial charge in [0.2, 0.25) is 0 Å². The van der Waals surface area contributed by atoms with Gasteiger partial charge in [-0.3, -0.25) is 0 Å². The Kier molecular flexibility index (Phi) is 20.8. The lowest BCUT2D eigenvalue weighted by atomic mass is 9.68. The van der Waals surface area contributed by atoms with Crippen LogP contribution in [0, 0.1) is 35.4 Å². The van der Waals surface area contributed by atoms with Gasteiger partial charge in [-0.2, -0.15) is 0 Å². The van der Waals surface area contributed by atoms with Gasteiger partial charge < -0.3 is 59.1 Å². The van der Waals surface area contributed by atoms with Crippen molar-refractivity contribution in [1.29, 1.82) is 0 Å². The van der Waals surface area contributed by atoms with Crippen molar-refractivity contribution in [3.8, 4) is 69.0 Å². The molecule has 0 amide bonds. The van der Waals surface area contributed by atoms with Crippen molar-refractivity contribution in [2.45, 2.75) is 466 Å². The van der Waals surface area contributed by atoms with Crippen molar-refractivity contribution < 1.29 is 118 Å². The highest BCUT2D eigenvalue weighted by Crippen LogP contribution is 2.61. The van der Waals surface area contributed by atoms with Crippen molar-refractivity contribution >= 4 is 0 Å². The van der Waals surface area contributed by atoms with E-state index in [1.165, 1.54) is 56.7 Å².